The minimum Gasteiger partial charge on any atom is -0.465 e. The Morgan fingerprint density at radius 3 is 3.00 bits per heavy atom. The lowest BCUT2D eigenvalue weighted by molar-refractivity contribution is 0.197. The van der Waals surface area contributed by atoms with Gasteiger partial charge in [0.15, 0.2) is 0 Å². The van der Waals surface area contributed by atoms with Crippen LogP contribution in [0.5, 0.6) is 0 Å². The summed E-state index contributed by atoms with van der Waals surface area (Å²) in [6, 6.07) is 0. The van der Waals surface area contributed by atoms with Crippen molar-refractivity contribution < 1.29 is 9.90 Å². The molecule has 0 aromatic carbocycles. The highest BCUT2D eigenvalue weighted by Gasteiger charge is 1.98. The molecule has 0 radical (unpaired) electrons. The molecule has 1 rings (SSSR count). The molecule has 0 heterocycles. The molecule has 0 aliphatic heterocycles. The van der Waals surface area contributed by atoms with Gasteiger partial charge in [0, 0.05) is 12.1 Å². The van der Waals surface area contributed by atoms with Crippen LogP contribution in [0.3, 0.4) is 0 Å². The van der Waals surface area contributed by atoms with E-state index in [9.17, 15) is 4.79 Å². The number of carboxylic acid groups (broad SMARTS) is 1. The minimum atomic E-state index is -1.01. The first kappa shape index (κ1) is 7.60. The summed E-state index contributed by atoms with van der Waals surface area (Å²) in [4.78, 5) is 10.2. The van der Waals surface area contributed by atoms with E-state index in [4.69, 9.17) is 5.11 Å². The van der Waals surface area contributed by atoms with Crippen molar-refractivity contribution in [3.8, 4) is 0 Å². The van der Waals surface area contributed by atoms with E-state index in [-0.39, 0.29) is 0 Å². The molecule has 1 aliphatic carbocycles. The number of nitrogens with one attached hydrogen (secondary N) is 1. The fourth-order valence-corrected chi connectivity index (χ4v) is 0.808. The number of hydrogen-bond acceptors (Lipinski definition) is 1. The van der Waals surface area contributed by atoms with Crippen LogP contribution in [0.15, 0.2) is 36.1 Å². The normalized spacial score (nSPS) is 15.5. The summed E-state index contributed by atoms with van der Waals surface area (Å²) in [5.74, 6) is 0. The van der Waals surface area contributed by atoms with Crippen molar-refractivity contribution in [1.29, 1.82) is 0 Å². The van der Waals surface area contributed by atoms with Crippen molar-refractivity contribution in [2.24, 2.45) is 0 Å². The number of carbonyl (C=O) groups is 1. The lowest BCUT2D eigenvalue weighted by Crippen LogP contribution is -2.19. The maximum absolute atomic E-state index is 10.2. The fraction of sp³-hybridized carbons (Fsp3) is 0.125. The van der Waals surface area contributed by atoms with Crippen molar-refractivity contribution in [2.45, 2.75) is 6.42 Å². The molecule has 0 aromatic heterocycles. The molecule has 0 atom stereocenters. The molecule has 1 amide bonds. The number of amides is 1. The monoisotopic (exact) mass is 151 g/mol. The molecule has 58 valence electrons. The van der Waals surface area contributed by atoms with Crippen molar-refractivity contribution >= 4 is 6.09 Å². The lowest BCUT2D eigenvalue weighted by Gasteiger charge is -2.00. The van der Waals surface area contributed by atoms with Crippen LogP contribution in [0.25, 0.3) is 0 Å². The Bertz CT molecular complexity index is 238. The highest BCUT2D eigenvalue weighted by atomic mass is 16.4. The summed E-state index contributed by atoms with van der Waals surface area (Å²) in [6.07, 6.45) is 8.80. The van der Waals surface area contributed by atoms with Gasteiger partial charge in [-0.1, -0.05) is 24.3 Å². The SMILES string of the molecule is O=C(O)NC1=CC=CC=CC1. The topological polar surface area (TPSA) is 49.3 Å². The lowest BCUT2D eigenvalue weighted by atomic mass is 10.3. The van der Waals surface area contributed by atoms with Gasteiger partial charge < -0.3 is 5.11 Å². The predicted molar refractivity (Wildman–Crippen MR) is 42.1 cm³/mol. The Labute approximate surface area is 64.7 Å². The highest BCUT2D eigenvalue weighted by Crippen LogP contribution is 2.02. The van der Waals surface area contributed by atoms with Crippen LogP contribution in [0.2, 0.25) is 0 Å². The molecule has 0 unspecified atom stereocenters. The molecule has 3 nitrogen and oxygen atoms in total. The largest absolute Gasteiger partial charge is 0.465 e. The van der Waals surface area contributed by atoms with Crippen LogP contribution in [-0.2, 0) is 0 Å². The van der Waals surface area contributed by atoms with Gasteiger partial charge in [-0.3, -0.25) is 5.32 Å². The predicted octanol–water partition coefficient (Wildman–Crippen LogP) is 1.65. The van der Waals surface area contributed by atoms with Gasteiger partial charge in [0.1, 0.15) is 0 Å². The molecular formula is C8H9NO2. The van der Waals surface area contributed by atoms with Gasteiger partial charge in [-0.05, 0) is 6.08 Å². The average Bonchev–Trinajstić information content (AvgIpc) is 2.14. The minimum absolute atomic E-state index is 0.638. The van der Waals surface area contributed by atoms with E-state index in [1.54, 1.807) is 12.2 Å². The molecule has 0 spiro atoms. The van der Waals surface area contributed by atoms with Gasteiger partial charge >= 0.3 is 6.09 Å². The third-order valence-electron chi connectivity index (χ3n) is 1.26. The fourth-order valence-electron chi connectivity index (χ4n) is 0.808. The second kappa shape index (κ2) is 3.61. The van der Waals surface area contributed by atoms with E-state index in [0.717, 1.165) is 0 Å². The molecule has 11 heavy (non-hydrogen) atoms. The molecule has 0 aromatic rings. The standard InChI is InChI=1S/C8H9NO2/c10-8(11)9-7-5-3-1-2-4-6-7/h1-5,9H,6H2,(H,10,11). The Balaban J connectivity index is 2.57. The number of allylic oxidation sites excluding steroid dienone is 5. The van der Waals surface area contributed by atoms with E-state index < -0.39 is 6.09 Å². The zero-order valence-electron chi connectivity index (χ0n) is 5.95. The molecule has 0 saturated carbocycles. The van der Waals surface area contributed by atoms with E-state index in [0.29, 0.717) is 12.1 Å². The Morgan fingerprint density at radius 2 is 2.27 bits per heavy atom. The molecule has 0 saturated heterocycles. The van der Waals surface area contributed by atoms with Crippen LogP contribution in [0, 0.1) is 0 Å². The third-order valence-corrected chi connectivity index (χ3v) is 1.26. The van der Waals surface area contributed by atoms with Crippen LogP contribution < -0.4 is 5.32 Å². The molecule has 0 bridgehead atoms. The zero-order valence-corrected chi connectivity index (χ0v) is 5.95. The molecular weight excluding hydrogens is 142 g/mol. The summed E-state index contributed by atoms with van der Waals surface area (Å²) in [5, 5.41) is 10.7. The van der Waals surface area contributed by atoms with Crippen molar-refractivity contribution in [3.05, 3.63) is 36.1 Å². The summed E-state index contributed by atoms with van der Waals surface area (Å²) < 4.78 is 0. The Morgan fingerprint density at radius 1 is 1.45 bits per heavy atom. The van der Waals surface area contributed by atoms with Crippen molar-refractivity contribution in [2.75, 3.05) is 0 Å². The van der Waals surface area contributed by atoms with Crippen LogP contribution >= 0.6 is 0 Å². The summed E-state index contributed by atoms with van der Waals surface area (Å²) in [7, 11) is 0. The van der Waals surface area contributed by atoms with E-state index in [1.807, 2.05) is 18.2 Å². The van der Waals surface area contributed by atoms with E-state index in [1.165, 1.54) is 0 Å². The second-order valence-electron chi connectivity index (χ2n) is 2.14. The van der Waals surface area contributed by atoms with Gasteiger partial charge in [-0.25, -0.2) is 4.79 Å². The summed E-state index contributed by atoms with van der Waals surface area (Å²) in [5.41, 5.74) is 0.697. The Kier molecular flexibility index (Phi) is 2.49. The van der Waals surface area contributed by atoms with Gasteiger partial charge in [0.2, 0.25) is 0 Å². The zero-order chi connectivity index (χ0) is 8.10. The third kappa shape index (κ3) is 2.71. The summed E-state index contributed by atoms with van der Waals surface area (Å²) in [6.45, 7) is 0. The van der Waals surface area contributed by atoms with Gasteiger partial charge in [0.05, 0.1) is 0 Å². The quantitative estimate of drug-likeness (QED) is 0.598. The average molecular weight is 151 g/mol. The van der Waals surface area contributed by atoms with Crippen molar-refractivity contribution in [1.82, 2.24) is 5.32 Å². The van der Waals surface area contributed by atoms with E-state index >= 15 is 0 Å². The second-order valence-corrected chi connectivity index (χ2v) is 2.14. The number of hydrogen-bond donors (Lipinski definition) is 2. The van der Waals surface area contributed by atoms with Gasteiger partial charge in [-0.15, -0.1) is 0 Å². The molecule has 2 N–H and O–H groups in total. The summed E-state index contributed by atoms with van der Waals surface area (Å²) >= 11 is 0. The number of rotatable bonds is 1. The molecule has 1 aliphatic rings. The van der Waals surface area contributed by atoms with Crippen molar-refractivity contribution in [3.63, 3.8) is 0 Å². The van der Waals surface area contributed by atoms with Crippen LogP contribution in [0.4, 0.5) is 4.79 Å². The first-order valence-corrected chi connectivity index (χ1v) is 3.31. The van der Waals surface area contributed by atoms with E-state index in [2.05, 4.69) is 5.32 Å². The highest BCUT2D eigenvalue weighted by molar-refractivity contribution is 5.67. The first-order chi connectivity index (χ1) is 5.29. The smallest absolute Gasteiger partial charge is 0.408 e. The van der Waals surface area contributed by atoms with Gasteiger partial charge in [-0.2, -0.15) is 0 Å². The molecule has 0 fully saturated rings. The van der Waals surface area contributed by atoms with Crippen LogP contribution in [-0.4, -0.2) is 11.2 Å². The maximum atomic E-state index is 10.2. The van der Waals surface area contributed by atoms with Gasteiger partial charge in [0.25, 0.3) is 0 Å². The molecule has 3 heteroatoms. The van der Waals surface area contributed by atoms with Crippen LogP contribution in [0.1, 0.15) is 6.42 Å². The first-order valence-electron chi connectivity index (χ1n) is 3.31. The maximum Gasteiger partial charge on any atom is 0.408 e. The Hall–Kier alpha value is -1.51.